The molecule has 140 valence electrons. The van der Waals surface area contributed by atoms with E-state index in [1.165, 1.54) is 25.7 Å². The number of ether oxygens (including phenoxy) is 1. The van der Waals surface area contributed by atoms with Gasteiger partial charge in [0.25, 0.3) is 0 Å². The smallest absolute Gasteiger partial charge is 0.410 e. The number of amides is 1. The van der Waals surface area contributed by atoms with Gasteiger partial charge >= 0.3 is 6.09 Å². The Labute approximate surface area is 148 Å². The quantitative estimate of drug-likeness (QED) is 0.806. The lowest BCUT2D eigenvalue weighted by Gasteiger charge is -2.37. The number of carbonyl (C=O) groups is 1. The molecule has 1 aliphatic carbocycles. The van der Waals surface area contributed by atoms with E-state index in [9.17, 15) is 4.79 Å². The van der Waals surface area contributed by atoms with Crippen LogP contribution in [0.2, 0.25) is 0 Å². The summed E-state index contributed by atoms with van der Waals surface area (Å²) in [6.07, 6.45) is 8.25. The van der Waals surface area contributed by atoms with Gasteiger partial charge in [0.1, 0.15) is 5.60 Å². The van der Waals surface area contributed by atoms with Crippen molar-refractivity contribution in [3.05, 3.63) is 0 Å². The fourth-order valence-electron chi connectivity index (χ4n) is 4.09. The van der Waals surface area contributed by atoms with Gasteiger partial charge in [-0.25, -0.2) is 4.79 Å². The summed E-state index contributed by atoms with van der Waals surface area (Å²) in [4.78, 5) is 14.3. The highest BCUT2D eigenvalue weighted by Gasteiger charge is 2.34. The summed E-state index contributed by atoms with van der Waals surface area (Å²) < 4.78 is 5.57. The van der Waals surface area contributed by atoms with Crippen molar-refractivity contribution in [2.75, 3.05) is 6.54 Å². The zero-order chi connectivity index (χ0) is 18.0. The molecular formula is C20H38N2O2. The van der Waals surface area contributed by atoms with Crippen molar-refractivity contribution in [1.29, 1.82) is 0 Å². The average Bonchev–Trinajstić information content (AvgIpc) is 2.87. The SMILES string of the molecule is CC(CC1CCCN1C(=O)OC(C)(C)C)NC1CCC(C)(C)CC1. The second kappa shape index (κ2) is 7.63. The van der Waals surface area contributed by atoms with Crippen LogP contribution in [0.25, 0.3) is 0 Å². The number of likely N-dealkylation sites (tertiary alicyclic amines) is 1. The van der Waals surface area contributed by atoms with Crippen molar-refractivity contribution in [3.8, 4) is 0 Å². The summed E-state index contributed by atoms with van der Waals surface area (Å²) in [5, 5.41) is 3.81. The third kappa shape index (κ3) is 5.94. The van der Waals surface area contributed by atoms with E-state index in [1.54, 1.807) is 0 Å². The maximum absolute atomic E-state index is 12.4. The van der Waals surface area contributed by atoms with E-state index in [0.717, 1.165) is 25.8 Å². The van der Waals surface area contributed by atoms with Crippen LogP contribution in [-0.2, 0) is 4.74 Å². The van der Waals surface area contributed by atoms with Crippen molar-refractivity contribution in [1.82, 2.24) is 10.2 Å². The van der Waals surface area contributed by atoms with Gasteiger partial charge in [-0.05, 0) is 78.1 Å². The van der Waals surface area contributed by atoms with Crippen LogP contribution in [-0.4, -0.2) is 41.3 Å². The lowest BCUT2D eigenvalue weighted by atomic mass is 9.75. The van der Waals surface area contributed by atoms with E-state index in [2.05, 4.69) is 26.1 Å². The van der Waals surface area contributed by atoms with E-state index < -0.39 is 5.60 Å². The van der Waals surface area contributed by atoms with Crippen LogP contribution in [0.3, 0.4) is 0 Å². The Hall–Kier alpha value is -0.770. The first-order chi connectivity index (χ1) is 11.1. The molecule has 0 spiro atoms. The predicted molar refractivity (Wildman–Crippen MR) is 99.2 cm³/mol. The van der Waals surface area contributed by atoms with Crippen LogP contribution in [0.15, 0.2) is 0 Å². The standard InChI is InChI=1S/C20H38N2O2/c1-15(21-16-9-11-20(5,6)12-10-16)14-17-8-7-13-22(17)18(23)24-19(2,3)4/h15-17,21H,7-14H2,1-6H3. The number of rotatable bonds is 4. The minimum Gasteiger partial charge on any atom is -0.444 e. The van der Waals surface area contributed by atoms with Gasteiger partial charge < -0.3 is 15.0 Å². The molecule has 2 fully saturated rings. The molecule has 2 rings (SSSR count). The number of hydrogen-bond acceptors (Lipinski definition) is 3. The van der Waals surface area contributed by atoms with Crippen LogP contribution >= 0.6 is 0 Å². The highest BCUT2D eigenvalue weighted by atomic mass is 16.6. The highest BCUT2D eigenvalue weighted by Crippen LogP contribution is 2.35. The Balaban J connectivity index is 1.80. The average molecular weight is 339 g/mol. The summed E-state index contributed by atoms with van der Waals surface area (Å²) >= 11 is 0. The fraction of sp³-hybridized carbons (Fsp3) is 0.950. The summed E-state index contributed by atoms with van der Waals surface area (Å²) in [6, 6.07) is 1.41. The first kappa shape index (κ1) is 19.6. The lowest BCUT2D eigenvalue weighted by molar-refractivity contribution is 0.0213. The first-order valence-corrected chi connectivity index (χ1v) is 9.81. The van der Waals surface area contributed by atoms with Gasteiger partial charge in [-0.3, -0.25) is 0 Å². The zero-order valence-electron chi connectivity index (χ0n) is 16.7. The summed E-state index contributed by atoms with van der Waals surface area (Å²) in [6.45, 7) is 13.7. The zero-order valence-corrected chi connectivity index (χ0v) is 16.7. The van der Waals surface area contributed by atoms with Gasteiger partial charge in [-0.15, -0.1) is 0 Å². The maximum Gasteiger partial charge on any atom is 0.410 e. The monoisotopic (exact) mass is 338 g/mol. The molecule has 2 unspecified atom stereocenters. The Morgan fingerprint density at radius 1 is 1.25 bits per heavy atom. The van der Waals surface area contributed by atoms with Crippen LogP contribution in [0, 0.1) is 5.41 Å². The molecule has 0 aromatic heterocycles. The Morgan fingerprint density at radius 3 is 2.46 bits per heavy atom. The number of hydrogen-bond donors (Lipinski definition) is 1. The second-order valence-electron chi connectivity index (χ2n) is 9.71. The molecule has 1 amide bonds. The van der Waals surface area contributed by atoms with Crippen molar-refractivity contribution < 1.29 is 9.53 Å². The largest absolute Gasteiger partial charge is 0.444 e. The lowest BCUT2D eigenvalue weighted by Crippen LogP contribution is -2.45. The summed E-state index contributed by atoms with van der Waals surface area (Å²) in [7, 11) is 0. The van der Waals surface area contributed by atoms with E-state index in [0.29, 0.717) is 23.5 Å². The van der Waals surface area contributed by atoms with Crippen LogP contribution in [0.1, 0.15) is 86.5 Å². The molecule has 1 saturated heterocycles. The van der Waals surface area contributed by atoms with Gasteiger partial charge in [0.2, 0.25) is 0 Å². The molecule has 0 bridgehead atoms. The Bertz CT molecular complexity index is 418. The third-order valence-corrected chi connectivity index (χ3v) is 5.49. The molecule has 24 heavy (non-hydrogen) atoms. The minimum absolute atomic E-state index is 0.142. The first-order valence-electron chi connectivity index (χ1n) is 9.81. The number of nitrogens with one attached hydrogen (secondary N) is 1. The molecule has 1 heterocycles. The highest BCUT2D eigenvalue weighted by molar-refractivity contribution is 5.68. The van der Waals surface area contributed by atoms with Gasteiger partial charge in [-0.2, -0.15) is 0 Å². The van der Waals surface area contributed by atoms with E-state index >= 15 is 0 Å². The second-order valence-corrected chi connectivity index (χ2v) is 9.71. The van der Waals surface area contributed by atoms with Crippen LogP contribution in [0.5, 0.6) is 0 Å². The van der Waals surface area contributed by atoms with Gasteiger partial charge in [0.15, 0.2) is 0 Å². The molecule has 2 atom stereocenters. The Kier molecular flexibility index (Phi) is 6.22. The third-order valence-electron chi connectivity index (χ3n) is 5.49. The van der Waals surface area contributed by atoms with Crippen LogP contribution in [0.4, 0.5) is 4.79 Å². The number of nitrogens with zero attached hydrogens (tertiary/aromatic N) is 1. The molecule has 4 heteroatoms. The molecule has 1 N–H and O–H groups in total. The maximum atomic E-state index is 12.4. The molecule has 2 aliphatic rings. The molecule has 1 aliphatic heterocycles. The summed E-state index contributed by atoms with van der Waals surface area (Å²) in [5.74, 6) is 0. The summed E-state index contributed by atoms with van der Waals surface area (Å²) in [5.41, 5.74) is 0.101. The van der Waals surface area contributed by atoms with Crippen molar-refractivity contribution in [3.63, 3.8) is 0 Å². The van der Waals surface area contributed by atoms with Gasteiger partial charge in [-0.1, -0.05) is 13.8 Å². The molecule has 0 aromatic carbocycles. The van der Waals surface area contributed by atoms with Crippen LogP contribution < -0.4 is 5.32 Å². The molecule has 0 radical (unpaired) electrons. The molecule has 0 aromatic rings. The molecular weight excluding hydrogens is 300 g/mol. The van der Waals surface area contributed by atoms with E-state index in [-0.39, 0.29) is 6.09 Å². The molecule has 4 nitrogen and oxygen atoms in total. The van der Waals surface area contributed by atoms with Crippen molar-refractivity contribution in [2.24, 2.45) is 5.41 Å². The Morgan fingerprint density at radius 2 is 1.88 bits per heavy atom. The normalized spacial score (nSPS) is 26.4. The van der Waals surface area contributed by atoms with E-state index in [1.807, 2.05) is 25.7 Å². The fourth-order valence-corrected chi connectivity index (χ4v) is 4.09. The van der Waals surface area contributed by atoms with Gasteiger partial charge in [0, 0.05) is 24.7 Å². The minimum atomic E-state index is -0.414. The van der Waals surface area contributed by atoms with Crippen molar-refractivity contribution >= 4 is 6.09 Å². The van der Waals surface area contributed by atoms with Gasteiger partial charge in [0.05, 0.1) is 0 Å². The predicted octanol–water partition coefficient (Wildman–Crippen LogP) is 4.72. The van der Waals surface area contributed by atoms with E-state index in [4.69, 9.17) is 4.74 Å². The topological polar surface area (TPSA) is 41.6 Å². The molecule has 1 saturated carbocycles. The van der Waals surface area contributed by atoms with Crippen molar-refractivity contribution in [2.45, 2.75) is 110 Å². The number of carbonyl (C=O) groups excluding carboxylic acids is 1.